The zero-order valence-corrected chi connectivity index (χ0v) is 17.8. The minimum absolute atomic E-state index is 0.0376. The van der Waals surface area contributed by atoms with Crippen LogP contribution in [0.5, 0.6) is 0 Å². The van der Waals surface area contributed by atoms with E-state index in [0.717, 1.165) is 31.4 Å². The molecule has 0 unspecified atom stereocenters. The number of rotatable bonds is 6. The summed E-state index contributed by atoms with van der Waals surface area (Å²) in [4.78, 5) is 30.4. The summed E-state index contributed by atoms with van der Waals surface area (Å²) < 4.78 is 6.26. The molecule has 2 N–H and O–H groups in total. The lowest BCUT2D eigenvalue weighted by Crippen LogP contribution is -3.14. The second-order valence-corrected chi connectivity index (χ2v) is 8.63. The van der Waals surface area contributed by atoms with E-state index < -0.39 is 0 Å². The number of hydrogen-bond donors (Lipinski definition) is 2. The number of nitrogens with one attached hydrogen (secondary N) is 2. The Bertz CT molecular complexity index is 1010. The molecule has 30 heavy (non-hydrogen) atoms. The van der Waals surface area contributed by atoms with Crippen molar-refractivity contribution in [1.82, 2.24) is 4.98 Å². The highest BCUT2D eigenvalue weighted by molar-refractivity contribution is 7.18. The molecule has 0 radical (unpaired) electrons. The highest BCUT2D eigenvalue weighted by Crippen LogP contribution is 2.31. The Balaban J connectivity index is 1.29. The Morgan fingerprint density at radius 2 is 1.97 bits per heavy atom. The number of ether oxygens (including phenoxy) is 1. The lowest BCUT2D eigenvalue weighted by atomic mass is 9.97. The number of piperidine rings is 1. The van der Waals surface area contributed by atoms with Gasteiger partial charge in [-0.25, -0.2) is 9.78 Å². The van der Waals surface area contributed by atoms with E-state index >= 15 is 0 Å². The van der Waals surface area contributed by atoms with Crippen molar-refractivity contribution in [2.75, 3.05) is 31.6 Å². The highest BCUT2D eigenvalue weighted by Gasteiger charge is 2.27. The van der Waals surface area contributed by atoms with Crippen molar-refractivity contribution >= 4 is 39.1 Å². The van der Waals surface area contributed by atoms with E-state index in [2.05, 4.69) is 23.5 Å². The Kier molecular flexibility index (Phi) is 6.40. The van der Waals surface area contributed by atoms with Crippen LogP contribution in [0.1, 0.15) is 41.0 Å². The van der Waals surface area contributed by atoms with E-state index in [9.17, 15) is 9.59 Å². The van der Waals surface area contributed by atoms with Gasteiger partial charge in [-0.15, -0.1) is 11.3 Å². The number of hydrogen-bond acceptors (Lipinski definition) is 5. The molecule has 1 saturated heterocycles. The number of quaternary nitrogens is 1. The number of aromatic nitrogens is 1. The van der Waals surface area contributed by atoms with Gasteiger partial charge in [0.15, 0.2) is 6.54 Å². The van der Waals surface area contributed by atoms with Crippen molar-refractivity contribution < 1.29 is 19.2 Å². The standard InChI is InChI=1S/C23H25N3O3S/c1-2-29-23(28)17-6-5-7-18(14-17)24-21(27)15-26-12-10-16(11-13-26)22-25-19-8-3-4-9-20(19)30-22/h3-9,14,16H,2,10-13,15H2,1H3,(H,24,27)/p+1. The Morgan fingerprint density at radius 3 is 2.73 bits per heavy atom. The molecule has 156 valence electrons. The van der Waals surface area contributed by atoms with Gasteiger partial charge in [-0.2, -0.15) is 0 Å². The molecule has 1 aliphatic heterocycles. The molecule has 4 rings (SSSR count). The third kappa shape index (κ3) is 4.86. The summed E-state index contributed by atoms with van der Waals surface area (Å²) in [7, 11) is 0. The number of nitrogens with zero attached hydrogens (tertiary/aromatic N) is 1. The van der Waals surface area contributed by atoms with Gasteiger partial charge in [0.1, 0.15) is 0 Å². The fourth-order valence-corrected chi connectivity index (χ4v) is 5.02. The van der Waals surface area contributed by atoms with Crippen LogP contribution in [0.15, 0.2) is 48.5 Å². The van der Waals surface area contributed by atoms with Crippen molar-refractivity contribution in [3.63, 3.8) is 0 Å². The van der Waals surface area contributed by atoms with Crippen molar-refractivity contribution in [3.8, 4) is 0 Å². The van der Waals surface area contributed by atoms with Gasteiger partial charge in [0, 0.05) is 24.4 Å². The third-order valence-corrected chi connectivity index (χ3v) is 6.62. The van der Waals surface area contributed by atoms with Gasteiger partial charge >= 0.3 is 5.97 Å². The van der Waals surface area contributed by atoms with E-state index in [1.54, 1.807) is 42.5 Å². The Hall–Kier alpha value is -2.77. The topological polar surface area (TPSA) is 72.7 Å². The number of para-hydroxylation sites is 1. The molecule has 1 fully saturated rings. The maximum Gasteiger partial charge on any atom is 0.338 e. The number of esters is 1. The predicted octanol–water partition coefficient (Wildman–Crippen LogP) is 2.87. The van der Waals surface area contributed by atoms with Crippen LogP contribution in [0.2, 0.25) is 0 Å². The fraction of sp³-hybridized carbons (Fsp3) is 0.348. The molecule has 1 aliphatic rings. The van der Waals surface area contributed by atoms with Gasteiger partial charge in [-0.1, -0.05) is 18.2 Å². The summed E-state index contributed by atoms with van der Waals surface area (Å²) in [5.74, 6) is 0.0658. The third-order valence-electron chi connectivity index (χ3n) is 5.42. The summed E-state index contributed by atoms with van der Waals surface area (Å²) in [6, 6.07) is 15.1. The molecule has 1 aromatic heterocycles. The zero-order valence-electron chi connectivity index (χ0n) is 17.0. The first-order valence-corrected chi connectivity index (χ1v) is 11.2. The van der Waals surface area contributed by atoms with Crippen LogP contribution >= 0.6 is 11.3 Å². The number of carbonyl (C=O) groups excluding carboxylic acids is 2. The summed E-state index contributed by atoms with van der Waals surface area (Å²) in [5.41, 5.74) is 2.14. The molecule has 2 heterocycles. The van der Waals surface area contributed by atoms with Crippen molar-refractivity contribution in [2.24, 2.45) is 0 Å². The quantitative estimate of drug-likeness (QED) is 0.597. The van der Waals surface area contributed by atoms with Crippen molar-refractivity contribution in [1.29, 1.82) is 0 Å². The second-order valence-electron chi connectivity index (χ2n) is 7.57. The molecule has 6 nitrogen and oxygen atoms in total. The second kappa shape index (κ2) is 9.36. The number of benzene rings is 2. The minimum atomic E-state index is -0.379. The summed E-state index contributed by atoms with van der Waals surface area (Å²) in [6.45, 7) is 4.43. The average molecular weight is 425 g/mol. The number of carbonyl (C=O) groups is 2. The number of amides is 1. The summed E-state index contributed by atoms with van der Waals surface area (Å²) >= 11 is 1.79. The smallest absolute Gasteiger partial charge is 0.338 e. The zero-order chi connectivity index (χ0) is 20.9. The van der Waals surface area contributed by atoms with Crippen molar-refractivity contribution in [2.45, 2.75) is 25.7 Å². The van der Waals surface area contributed by atoms with Gasteiger partial charge in [-0.3, -0.25) is 4.79 Å². The largest absolute Gasteiger partial charge is 0.462 e. The van der Waals surface area contributed by atoms with Gasteiger partial charge in [0.2, 0.25) is 0 Å². The van der Waals surface area contributed by atoms with E-state index in [1.807, 2.05) is 6.07 Å². The molecular formula is C23H26N3O3S+. The van der Waals surface area contributed by atoms with E-state index in [4.69, 9.17) is 9.72 Å². The molecule has 1 amide bonds. The first-order valence-electron chi connectivity index (χ1n) is 10.4. The monoisotopic (exact) mass is 424 g/mol. The lowest BCUT2D eigenvalue weighted by molar-refractivity contribution is -0.897. The molecule has 3 aromatic rings. The van der Waals surface area contributed by atoms with Gasteiger partial charge in [0.25, 0.3) is 5.91 Å². The minimum Gasteiger partial charge on any atom is -0.462 e. The van der Waals surface area contributed by atoms with Crippen LogP contribution < -0.4 is 10.2 Å². The molecule has 0 bridgehead atoms. The van der Waals surface area contributed by atoms with Gasteiger partial charge < -0.3 is 15.0 Å². The maximum atomic E-state index is 12.5. The first kappa shape index (κ1) is 20.5. The van der Waals surface area contributed by atoms with Crippen LogP contribution in [0.4, 0.5) is 5.69 Å². The Labute approximate surface area is 179 Å². The number of thiazole rings is 1. The normalized spacial score (nSPS) is 18.8. The van der Waals surface area contributed by atoms with E-state index in [-0.39, 0.29) is 11.9 Å². The lowest BCUT2D eigenvalue weighted by Gasteiger charge is -2.27. The first-order chi connectivity index (χ1) is 14.6. The number of anilines is 1. The van der Waals surface area contributed by atoms with Crippen LogP contribution in [-0.4, -0.2) is 43.1 Å². The van der Waals surface area contributed by atoms with Crippen LogP contribution in [0.25, 0.3) is 10.2 Å². The molecule has 0 saturated carbocycles. The van der Waals surface area contributed by atoms with Gasteiger partial charge in [0.05, 0.1) is 40.5 Å². The SMILES string of the molecule is CCOC(=O)c1cccc(NC(=O)C[NH+]2CCC(c3nc4ccccc4s3)CC2)c1. The van der Waals surface area contributed by atoms with E-state index in [0.29, 0.717) is 30.3 Å². The van der Waals surface area contributed by atoms with Crippen LogP contribution in [-0.2, 0) is 9.53 Å². The molecule has 7 heteroatoms. The number of likely N-dealkylation sites (tertiary alicyclic amines) is 1. The molecule has 0 spiro atoms. The highest BCUT2D eigenvalue weighted by atomic mass is 32.1. The van der Waals surface area contributed by atoms with Crippen molar-refractivity contribution in [3.05, 3.63) is 59.1 Å². The average Bonchev–Trinajstić information content (AvgIpc) is 3.19. The molecule has 0 aliphatic carbocycles. The molecule has 0 atom stereocenters. The maximum absolute atomic E-state index is 12.5. The fourth-order valence-electron chi connectivity index (χ4n) is 3.89. The predicted molar refractivity (Wildman–Crippen MR) is 118 cm³/mol. The number of fused-ring (bicyclic) bond motifs is 1. The van der Waals surface area contributed by atoms with Crippen LogP contribution in [0, 0.1) is 0 Å². The Morgan fingerprint density at radius 1 is 1.17 bits per heavy atom. The molecule has 2 aromatic carbocycles. The van der Waals surface area contributed by atoms with Gasteiger partial charge in [-0.05, 0) is 37.3 Å². The summed E-state index contributed by atoms with van der Waals surface area (Å²) in [5, 5.41) is 4.13. The summed E-state index contributed by atoms with van der Waals surface area (Å²) in [6.07, 6.45) is 2.08. The van der Waals surface area contributed by atoms with Crippen LogP contribution in [0.3, 0.4) is 0 Å². The molecular weight excluding hydrogens is 398 g/mol. The van der Waals surface area contributed by atoms with E-state index in [1.165, 1.54) is 14.6 Å².